The summed E-state index contributed by atoms with van der Waals surface area (Å²) in [5.41, 5.74) is 13.2. The van der Waals surface area contributed by atoms with Gasteiger partial charge in [-0.1, -0.05) is 66.4 Å². The summed E-state index contributed by atoms with van der Waals surface area (Å²) in [6.07, 6.45) is -0.467. The molecule has 0 saturated carbocycles. The zero-order valence-electron chi connectivity index (χ0n) is 16.2. The van der Waals surface area contributed by atoms with Crippen LogP contribution in [0.25, 0.3) is 11.1 Å². The quantitative estimate of drug-likeness (QED) is 0.519. The molecule has 3 N–H and O–H groups in total. The van der Waals surface area contributed by atoms with Crippen LogP contribution in [0.2, 0.25) is 0 Å². The number of anilines is 1. The lowest BCUT2D eigenvalue weighted by Crippen LogP contribution is -2.26. The van der Waals surface area contributed by atoms with E-state index in [1.165, 1.54) is 22.3 Å². The maximum atomic E-state index is 12.1. The summed E-state index contributed by atoms with van der Waals surface area (Å²) in [5.74, 6) is 6.02. The summed E-state index contributed by atoms with van der Waals surface area (Å²) >= 11 is 0. The van der Waals surface area contributed by atoms with Crippen LogP contribution in [0.5, 0.6) is 0 Å². The Morgan fingerprint density at radius 2 is 1.66 bits per heavy atom. The van der Waals surface area contributed by atoms with Gasteiger partial charge in [0, 0.05) is 17.2 Å². The SMILES string of the molecule is Cc1c(N)cccc1C#CCNC(=O)OCC1c2ccccc2-c2ccccc21. The second kappa shape index (κ2) is 8.12. The van der Waals surface area contributed by atoms with Gasteiger partial charge in [-0.25, -0.2) is 4.79 Å². The van der Waals surface area contributed by atoms with Crippen molar-refractivity contribution in [2.24, 2.45) is 0 Å². The van der Waals surface area contributed by atoms with Crippen LogP contribution in [0.4, 0.5) is 10.5 Å². The standard InChI is InChI=1S/C25H22N2O2/c1-17-18(8-6-14-24(17)26)9-7-15-27-25(28)29-16-23-21-12-4-2-10-19(21)20-11-3-5-13-22(20)23/h2-6,8,10-14,23H,15-16,26H2,1H3,(H,27,28). The van der Waals surface area contributed by atoms with Gasteiger partial charge in [0.2, 0.25) is 0 Å². The molecule has 0 aliphatic heterocycles. The van der Waals surface area contributed by atoms with Gasteiger partial charge in [0.25, 0.3) is 0 Å². The van der Waals surface area contributed by atoms with Crippen molar-refractivity contribution in [1.29, 1.82) is 0 Å². The van der Waals surface area contributed by atoms with Crippen LogP contribution in [-0.4, -0.2) is 19.2 Å². The first-order valence-corrected chi connectivity index (χ1v) is 9.58. The Kier molecular flexibility index (Phi) is 5.22. The number of ether oxygens (including phenoxy) is 1. The third kappa shape index (κ3) is 3.81. The van der Waals surface area contributed by atoms with Gasteiger partial charge >= 0.3 is 6.09 Å². The van der Waals surface area contributed by atoms with Crippen LogP contribution >= 0.6 is 0 Å². The molecule has 3 aromatic carbocycles. The van der Waals surface area contributed by atoms with E-state index in [4.69, 9.17) is 10.5 Å². The molecule has 4 rings (SSSR count). The van der Waals surface area contributed by atoms with E-state index in [2.05, 4.69) is 41.4 Å². The number of nitrogens with one attached hydrogen (secondary N) is 1. The molecule has 0 bridgehead atoms. The van der Waals surface area contributed by atoms with E-state index in [0.717, 1.165) is 11.1 Å². The number of benzene rings is 3. The van der Waals surface area contributed by atoms with Gasteiger partial charge in [0.1, 0.15) is 6.61 Å². The van der Waals surface area contributed by atoms with E-state index in [-0.39, 0.29) is 12.5 Å². The van der Waals surface area contributed by atoms with Gasteiger partial charge in [-0.15, -0.1) is 0 Å². The lowest BCUT2D eigenvalue weighted by Gasteiger charge is -2.14. The molecule has 0 heterocycles. The van der Waals surface area contributed by atoms with Crippen LogP contribution in [0.3, 0.4) is 0 Å². The molecular formula is C25H22N2O2. The van der Waals surface area contributed by atoms with Crippen molar-refractivity contribution in [3.8, 4) is 23.0 Å². The minimum Gasteiger partial charge on any atom is -0.449 e. The molecule has 4 nitrogen and oxygen atoms in total. The predicted molar refractivity (Wildman–Crippen MR) is 116 cm³/mol. The van der Waals surface area contributed by atoms with Crippen LogP contribution in [0, 0.1) is 18.8 Å². The highest BCUT2D eigenvalue weighted by Crippen LogP contribution is 2.44. The van der Waals surface area contributed by atoms with Crippen LogP contribution in [-0.2, 0) is 4.74 Å². The number of carbonyl (C=O) groups is 1. The highest BCUT2D eigenvalue weighted by atomic mass is 16.5. The van der Waals surface area contributed by atoms with Gasteiger partial charge < -0.3 is 15.8 Å². The minimum atomic E-state index is -0.467. The van der Waals surface area contributed by atoms with E-state index in [9.17, 15) is 4.79 Å². The molecule has 0 aromatic heterocycles. The molecule has 0 atom stereocenters. The second-order valence-electron chi connectivity index (χ2n) is 7.00. The molecule has 144 valence electrons. The van der Waals surface area contributed by atoms with Crippen molar-refractivity contribution in [2.45, 2.75) is 12.8 Å². The van der Waals surface area contributed by atoms with Crippen molar-refractivity contribution >= 4 is 11.8 Å². The molecule has 0 saturated heterocycles. The third-order valence-electron chi connectivity index (χ3n) is 5.26. The van der Waals surface area contributed by atoms with E-state index in [1.54, 1.807) is 0 Å². The summed E-state index contributed by atoms with van der Waals surface area (Å²) in [7, 11) is 0. The van der Waals surface area contributed by atoms with Crippen LogP contribution < -0.4 is 11.1 Å². The number of nitrogens with two attached hydrogens (primary N) is 1. The number of hydrogen-bond donors (Lipinski definition) is 2. The van der Waals surface area contributed by atoms with Gasteiger partial charge in [0.15, 0.2) is 0 Å². The van der Waals surface area contributed by atoms with Crippen molar-refractivity contribution in [2.75, 3.05) is 18.9 Å². The number of fused-ring (bicyclic) bond motifs is 3. The van der Waals surface area contributed by atoms with Crippen LogP contribution in [0.1, 0.15) is 28.2 Å². The summed E-state index contributed by atoms with van der Waals surface area (Å²) in [4.78, 5) is 12.1. The molecule has 0 fully saturated rings. The van der Waals surface area contributed by atoms with Gasteiger partial charge in [-0.2, -0.15) is 0 Å². The molecule has 1 aliphatic carbocycles. The molecule has 1 aliphatic rings. The molecule has 4 heteroatoms. The van der Waals surface area contributed by atoms with E-state index in [1.807, 2.05) is 49.4 Å². The first kappa shape index (κ1) is 18.6. The first-order chi connectivity index (χ1) is 14.1. The highest BCUT2D eigenvalue weighted by molar-refractivity contribution is 5.79. The monoisotopic (exact) mass is 382 g/mol. The van der Waals surface area contributed by atoms with E-state index < -0.39 is 6.09 Å². The first-order valence-electron chi connectivity index (χ1n) is 9.58. The molecule has 1 amide bonds. The minimum absolute atomic E-state index is 0.0502. The number of alkyl carbamates (subject to hydrolysis) is 1. The van der Waals surface area contributed by atoms with Gasteiger partial charge in [0.05, 0.1) is 6.54 Å². The fraction of sp³-hybridized carbons (Fsp3) is 0.160. The summed E-state index contributed by atoms with van der Waals surface area (Å²) < 4.78 is 5.50. The van der Waals surface area contributed by atoms with Crippen molar-refractivity contribution in [3.05, 3.63) is 89.0 Å². The van der Waals surface area contributed by atoms with Crippen molar-refractivity contribution in [3.63, 3.8) is 0 Å². The Bertz CT molecular complexity index is 1080. The second-order valence-corrected chi connectivity index (χ2v) is 7.00. The fourth-order valence-electron chi connectivity index (χ4n) is 3.69. The lowest BCUT2D eigenvalue weighted by atomic mass is 9.98. The average molecular weight is 382 g/mol. The summed E-state index contributed by atoms with van der Waals surface area (Å²) in [6, 6.07) is 22.1. The van der Waals surface area contributed by atoms with E-state index >= 15 is 0 Å². The normalized spacial score (nSPS) is 11.8. The summed E-state index contributed by atoms with van der Waals surface area (Å²) in [6.45, 7) is 2.44. The Balaban J connectivity index is 1.36. The van der Waals surface area contributed by atoms with Crippen molar-refractivity contribution in [1.82, 2.24) is 5.32 Å². The molecular weight excluding hydrogens is 360 g/mol. The molecule has 0 unspecified atom stereocenters. The maximum absolute atomic E-state index is 12.1. The van der Waals surface area contributed by atoms with Crippen molar-refractivity contribution < 1.29 is 9.53 Å². The molecule has 0 radical (unpaired) electrons. The van der Waals surface area contributed by atoms with Crippen LogP contribution in [0.15, 0.2) is 66.7 Å². The molecule has 3 aromatic rings. The Morgan fingerprint density at radius 1 is 1.00 bits per heavy atom. The lowest BCUT2D eigenvalue weighted by molar-refractivity contribution is 0.144. The number of rotatable bonds is 3. The fourth-order valence-corrected chi connectivity index (χ4v) is 3.69. The number of amides is 1. The largest absolute Gasteiger partial charge is 0.449 e. The van der Waals surface area contributed by atoms with Gasteiger partial charge in [-0.3, -0.25) is 0 Å². The topological polar surface area (TPSA) is 64.3 Å². The van der Waals surface area contributed by atoms with E-state index in [0.29, 0.717) is 12.3 Å². The Hall–Kier alpha value is -3.71. The Labute approximate surface area is 170 Å². The molecule has 29 heavy (non-hydrogen) atoms. The smallest absolute Gasteiger partial charge is 0.407 e. The maximum Gasteiger partial charge on any atom is 0.407 e. The highest BCUT2D eigenvalue weighted by Gasteiger charge is 2.28. The predicted octanol–water partition coefficient (Wildman–Crippen LogP) is 4.47. The zero-order valence-corrected chi connectivity index (χ0v) is 16.2. The zero-order chi connectivity index (χ0) is 20.2. The Morgan fingerprint density at radius 3 is 2.34 bits per heavy atom. The average Bonchev–Trinajstić information content (AvgIpc) is 3.06. The number of nitrogen functional groups attached to an aromatic ring is 1. The van der Waals surface area contributed by atoms with Gasteiger partial charge in [-0.05, 0) is 46.9 Å². The number of hydrogen-bond acceptors (Lipinski definition) is 3. The number of carbonyl (C=O) groups excluding carboxylic acids is 1. The third-order valence-corrected chi connectivity index (χ3v) is 5.26. The molecule has 0 spiro atoms. The summed E-state index contributed by atoms with van der Waals surface area (Å²) in [5, 5.41) is 2.69.